The van der Waals surface area contributed by atoms with Crippen LogP contribution >= 0.6 is 0 Å². The van der Waals surface area contributed by atoms with Gasteiger partial charge in [-0.15, -0.1) is 0 Å². The van der Waals surface area contributed by atoms with E-state index in [1.807, 2.05) is 6.92 Å². The fourth-order valence-electron chi connectivity index (χ4n) is 13.4. The van der Waals surface area contributed by atoms with Crippen LogP contribution in [0.4, 0.5) is 0 Å². The molecule has 0 aliphatic heterocycles. The Balaban J connectivity index is 0.000000146. The van der Waals surface area contributed by atoms with Crippen molar-refractivity contribution in [3.05, 3.63) is 34.9 Å². The van der Waals surface area contributed by atoms with Crippen LogP contribution in [0.15, 0.2) is 40.1 Å². The normalized spacial score (nSPS) is 50.2. The van der Waals surface area contributed by atoms with Crippen molar-refractivity contribution < 1.29 is 15.1 Å². The lowest BCUT2D eigenvalue weighted by molar-refractivity contribution is -0.132. The van der Waals surface area contributed by atoms with E-state index in [1.54, 1.807) is 5.57 Å². The van der Waals surface area contributed by atoms with Crippen LogP contribution in [-0.4, -0.2) is 27.9 Å². The topological polar surface area (TPSA) is 69.9 Å². The van der Waals surface area contributed by atoms with Crippen LogP contribution in [0.3, 0.4) is 0 Å². The molecule has 0 aromatic rings. The summed E-state index contributed by atoms with van der Waals surface area (Å²) in [5, 5.41) is 22.8. The molecule has 0 spiro atoms. The number of nitrogens with zero attached hydrogens (tertiary/aromatic N) is 1. The first-order valence-electron chi connectivity index (χ1n) is 18.8. The summed E-state index contributed by atoms with van der Waals surface area (Å²) in [7, 11) is 0. The Morgan fingerprint density at radius 3 is 1.93 bits per heavy atom. The molecule has 0 amide bonds. The third-order valence-corrected chi connectivity index (χ3v) is 16.3. The Morgan fingerprint density at radius 2 is 1.27 bits per heavy atom. The molecule has 2 N–H and O–H groups in total. The summed E-state index contributed by atoms with van der Waals surface area (Å²) in [6, 6.07) is 0. The summed E-state index contributed by atoms with van der Waals surface area (Å²) in [5.74, 6) is 5.88. The van der Waals surface area contributed by atoms with Gasteiger partial charge in [0.15, 0.2) is 0 Å². The summed E-state index contributed by atoms with van der Waals surface area (Å²) < 4.78 is 0. The van der Waals surface area contributed by atoms with Crippen LogP contribution in [-0.2, 0) is 4.79 Å². The average Bonchev–Trinajstić information content (AvgIpc) is 3.53. The van der Waals surface area contributed by atoms with Crippen molar-refractivity contribution in [3.8, 4) is 0 Å². The highest BCUT2D eigenvalue weighted by Gasteiger charge is 2.59. The molecule has 0 aromatic carbocycles. The SMILES string of the molecule is C/C(=N\O)C1=CCC2C3CC=C4C[C@@H](C)CC[C@]4(C)C3CC[C@]12C.C[C@]12CC[C@H](O)CC1=CCC1C2CC[C@]2(C)C(=O)CCC12. The zero-order chi connectivity index (χ0) is 31.9. The van der Waals surface area contributed by atoms with Crippen LogP contribution in [0.5, 0.6) is 0 Å². The van der Waals surface area contributed by atoms with Crippen molar-refractivity contribution in [2.45, 2.75) is 144 Å². The van der Waals surface area contributed by atoms with Crippen LogP contribution in [0.2, 0.25) is 0 Å². The maximum Gasteiger partial charge on any atom is 0.139 e. The molecule has 5 fully saturated rings. The number of carbonyl (C=O) groups excluding carboxylic acids is 1. The van der Waals surface area contributed by atoms with Crippen molar-refractivity contribution in [1.82, 2.24) is 0 Å². The second-order valence-corrected chi connectivity index (χ2v) is 18.2. The number of allylic oxidation sites excluding steroid dienone is 5. The summed E-state index contributed by atoms with van der Waals surface area (Å²) in [6.45, 7) is 14.1. The summed E-state index contributed by atoms with van der Waals surface area (Å²) in [5.41, 5.74) is 6.43. The van der Waals surface area contributed by atoms with E-state index in [0.29, 0.717) is 28.4 Å². The number of carbonyl (C=O) groups is 1. The zero-order valence-corrected chi connectivity index (χ0v) is 29.2. The molecule has 8 aliphatic carbocycles. The number of rotatable bonds is 1. The monoisotopic (exact) mass is 615 g/mol. The van der Waals surface area contributed by atoms with Crippen molar-refractivity contribution in [2.24, 2.45) is 68.2 Å². The number of hydrogen-bond acceptors (Lipinski definition) is 4. The first-order valence-corrected chi connectivity index (χ1v) is 18.8. The third kappa shape index (κ3) is 4.75. The Bertz CT molecular complexity index is 1340. The van der Waals surface area contributed by atoms with Gasteiger partial charge in [0.25, 0.3) is 0 Å². The Labute approximate surface area is 273 Å². The lowest BCUT2D eigenvalue weighted by Crippen LogP contribution is -2.50. The highest BCUT2D eigenvalue weighted by molar-refractivity contribution is 5.99. The molecule has 8 rings (SSSR count). The van der Waals surface area contributed by atoms with E-state index >= 15 is 0 Å². The van der Waals surface area contributed by atoms with Gasteiger partial charge in [-0.2, -0.15) is 0 Å². The fourth-order valence-corrected chi connectivity index (χ4v) is 13.4. The number of aliphatic hydroxyl groups is 1. The van der Waals surface area contributed by atoms with Gasteiger partial charge in [-0.1, -0.05) is 69.1 Å². The molecule has 0 radical (unpaired) electrons. The van der Waals surface area contributed by atoms with Crippen molar-refractivity contribution >= 4 is 11.5 Å². The molecule has 12 atom stereocenters. The zero-order valence-electron chi connectivity index (χ0n) is 29.2. The highest BCUT2D eigenvalue weighted by atomic mass is 16.4. The van der Waals surface area contributed by atoms with Crippen molar-refractivity contribution in [1.29, 1.82) is 0 Å². The van der Waals surface area contributed by atoms with E-state index in [1.165, 1.54) is 62.5 Å². The molecule has 0 aromatic heterocycles. The van der Waals surface area contributed by atoms with Gasteiger partial charge in [-0.25, -0.2) is 0 Å². The maximum atomic E-state index is 12.4. The minimum Gasteiger partial charge on any atom is -0.411 e. The highest BCUT2D eigenvalue weighted by Crippen LogP contribution is 2.66. The second-order valence-electron chi connectivity index (χ2n) is 18.2. The lowest BCUT2D eigenvalue weighted by Gasteiger charge is -2.57. The van der Waals surface area contributed by atoms with Crippen LogP contribution in [0, 0.1) is 63.1 Å². The van der Waals surface area contributed by atoms with Gasteiger partial charge in [0.1, 0.15) is 5.78 Å². The van der Waals surface area contributed by atoms with Gasteiger partial charge in [0, 0.05) is 11.8 Å². The Kier molecular flexibility index (Phi) is 7.94. The third-order valence-electron chi connectivity index (χ3n) is 16.3. The minimum atomic E-state index is -0.122. The number of oxime groups is 1. The second kappa shape index (κ2) is 11.2. The lowest BCUT2D eigenvalue weighted by atomic mass is 9.47. The van der Waals surface area contributed by atoms with Crippen molar-refractivity contribution in [3.63, 3.8) is 0 Å². The molecule has 5 saturated carbocycles. The quantitative estimate of drug-likeness (QED) is 0.133. The summed E-state index contributed by atoms with van der Waals surface area (Å²) in [6.07, 6.45) is 24.9. The number of fused-ring (bicyclic) bond motifs is 10. The number of aliphatic hydroxyl groups excluding tert-OH is 1. The molecule has 248 valence electrons. The first kappa shape index (κ1) is 31.9. The molecule has 0 heterocycles. The Hall–Kier alpha value is -1.68. The average molecular weight is 616 g/mol. The summed E-state index contributed by atoms with van der Waals surface area (Å²) >= 11 is 0. The van der Waals surface area contributed by atoms with Gasteiger partial charge in [0.2, 0.25) is 0 Å². The molecule has 0 bridgehead atoms. The van der Waals surface area contributed by atoms with Crippen LogP contribution in [0.25, 0.3) is 0 Å². The number of ketones is 1. The molecular formula is C41H61NO3. The predicted octanol–water partition coefficient (Wildman–Crippen LogP) is 9.85. The maximum absolute atomic E-state index is 12.4. The van der Waals surface area contributed by atoms with Gasteiger partial charge in [-0.3, -0.25) is 4.79 Å². The largest absolute Gasteiger partial charge is 0.411 e. The van der Waals surface area contributed by atoms with E-state index in [2.05, 4.69) is 58.0 Å². The van der Waals surface area contributed by atoms with Gasteiger partial charge >= 0.3 is 0 Å². The Morgan fingerprint density at radius 1 is 0.711 bits per heavy atom. The molecule has 45 heavy (non-hydrogen) atoms. The van der Waals surface area contributed by atoms with Crippen LogP contribution < -0.4 is 0 Å². The summed E-state index contributed by atoms with van der Waals surface area (Å²) in [4.78, 5) is 12.4. The number of Topliss-reactive ketones (excluding diaryl/α,β-unsaturated/α-hetero) is 1. The molecule has 4 heteroatoms. The minimum absolute atomic E-state index is 0.0168. The van der Waals surface area contributed by atoms with Crippen LogP contribution in [0.1, 0.15) is 138 Å². The molecule has 6 unspecified atom stereocenters. The predicted molar refractivity (Wildman–Crippen MR) is 182 cm³/mol. The van der Waals surface area contributed by atoms with Crippen molar-refractivity contribution in [2.75, 3.05) is 0 Å². The molecule has 4 nitrogen and oxygen atoms in total. The standard InChI is InChI=1S/C22H33NO.C19H28O2/c1-14-9-11-21(3)16(13-14)5-6-17-19-8-7-18(15(2)23-24)22(19,4)12-10-20(17)21;1-18-9-7-13(20)11-12(18)3-4-14-15-5-6-17(21)19(15,2)10-8-16(14)18/h5,7,14,17,19-20,24H,6,8-13H2,1-4H3;3,13-16,20H,4-11H2,1-2H3/b23-15+;/t14-,17?,19?,20?,21-,22+;13-,14?,15?,16?,18-,19-/m00/s1. The van der Waals surface area contributed by atoms with E-state index in [4.69, 9.17) is 0 Å². The molecule has 8 aliphatic rings. The van der Waals surface area contributed by atoms with E-state index in [9.17, 15) is 15.1 Å². The molecule has 0 saturated heterocycles. The van der Waals surface area contributed by atoms with E-state index < -0.39 is 0 Å². The van der Waals surface area contributed by atoms with Gasteiger partial charge < -0.3 is 10.3 Å². The van der Waals surface area contributed by atoms with Gasteiger partial charge in [0.05, 0.1) is 11.8 Å². The van der Waals surface area contributed by atoms with Gasteiger partial charge in [-0.05, 0) is 160 Å². The molecular weight excluding hydrogens is 554 g/mol. The first-order chi connectivity index (χ1) is 21.3. The van der Waals surface area contributed by atoms with E-state index in [-0.39, 0.29) is 16.9 Å². The smallest absolute Gasteiger partial charge is 0.139 e. The number of hydrogen-bond donors (Lipinski definition) is 2. The fraction of sp³-hybridized carbons (Fsp3) is 0.805. The van der Waals surface area contributed by atoms with E-state index in [0.717, 1.165) is 80.2 Å².